The number of rotatable bonds is 6. The first-order valence-electron chi connectivity index (χ1n) is 8.59. The van der Waals surface area contributed by atoms with Crippen LogP contribution in [0.5, 0.6) is 0 Å². The van der Waals surface area contributed by atoms with E-state index in [-0.39, 0.29) is 29.8 Å². The average Bonchev–Trinajstić information content (AvgIpc) is 3.19. The molecule has 0 spiro atoms. The van der Waals surface area contributed by atoms with Crippen molar-refractivity contribution in [1.29, 1.82) is 0 Å². The monoisotopic (exact) mass is 442 g/mol. The van der Waals surface area contributed by atoms with E-state index >= 15 is 0 Å². The van der Waals surface area contributed by atoms with Gasteiger partial charge in [-0.2, -0.15) is 4.31 Å². The van der Waals surface area contributed by atoms with E-state index in [1.165, 1.54) is 39.9 Å². The number of carbonyl (C=O) groups is 2. The lowest BCUT2D eigenvalue weighted by Crippen LogP contribution is -2.46. The summed E-state index contributed by atoms with van der Waals surface area (Å²) in [6, 6.07) is 5.93. The molecule has 1 aliphatic heterocycles. The van der Waals surface area contributed by atoms with Gasteiger partial charge in [0.15, 0.2) is 5.13 Å². The molecule has 150 valence electrons. The predicted octanol–water partition coefficient (Wildman–Crippen LogP) is 1.95. The second-order valence-corrected chi connectivity index (χ2v) is 9.53. The third-order valence-corrected chi connectivity index (χ3v) is 7.13. The largest absolute Gasteiger partial charge is 0.347 e. The van der Waals surface area contributed by atoms with Gasteiger partial charge in [0.1, 0.15) is 0 Å². The highest BCUT2D eigenvalue weighted by atomic mass is 35.5. The molecule has 3 rings (SSSR count). The van der Waals surface area contributed by atoms with Gasteiger partial charge in [-0.1, -0.05) is 11.6 Å². The summed E-state index contributed by atoms with van der Waals surface area (Å²) >= 11 is 7.10. The smallest absolute Gasteiger partial charge is 0.245 e. The van der Waals surface area contributed by atoms with Crippen molar-refractivity contribution in [2.75, 3.05) is 25.0 Å². The third kappa shape index (κ3) is 5.07. The fraction of sp³-hybridized carbons (Fsp3) is 0.353. The van der Waals surface area contributed by atoms with Gasteiger partial charge in [0, 0.05) is 29.7 Å². The maximum absolute atomic E-state index is 12.8. The predicted molar refractivity (Wildman–Crippen MR) is 107 cm³/mol. The Balaban J connectivity index is 1.57. The number of aromatic nitrogens is 1. The molecule has 2 N–H and O–H groups in total. The molecule has 0 radical (unpaired) electrons. The van der Waals surface area contributed by atoms with Crippen LogP contribution < -0.4 is 10.6 Å². The Hall–Kier alpha value is -2.01. The van der Waals surface area contributed by atoms with Gasteiger partial charge in [-0.15, -0.1) is 11.3 Å². The highest BCUT2D eigenvalue weighted by Crippen LogP contribution is 2.24. The standard InChI is InChI=1S/C17H19ClN4O4S2/c18-13-3-5-14(6-4-13)28(25,26)22-8-1-2-12(11-22)16(24)20-10-15(23)21-17-19-7-9-27-17/h3-7,9,12H,1-2,8,10-11H2,(H,20,24)(H,19,21,23)/t12-/m1/s1. The molecule has 2 amide bonds. The SMILES string of the molecule is O=C(CNC(=O)[C@@H]1CCCN(S(=O)(=O)c2ccc(Cl)cc2)C1)Nc1nccs1. The van der Waals surface area contributed by atoms with Gasteiger partial charge in [-0.25, -0.2) is 13.4 Å². The number of piperidine rings is 1. The minimum absolute atomic E-state index is 0.0743. The lowest BCUT2D eigenvalue weighted by atomic mass is 9.99. The topological polar surface area (TPSA) is 108 Å². The molecule has 1 aliphatic rings. The number of carbonyl (C=O) groups excluding carboxylic acids is 2. The van der Waals surface area contributed by atoms with Gasteiger partial charge < -0.3 is 10.6 Å². The van der Waals surface area contributed by atoms with Crippen molar-refractivity contribution in [3.8, 4) is 0 Å². The van der Waals surface area contributed by atoms with Crippen molar-refractivity contribution in [3.63, 3.8) is 0 Å². The van der Waals surface area contributed by atoms with Gasteiger partial charge in [0.25, 0.3) is 0 Å². The van der Waals surface area contributed by atoms with E-state index in [1.807, 2.05) is 0 Å². The van der Waals surface area contributed by atoms with E-state index in [9.17, 15) is 18.0 Å². The van der Waals surface area contributed by atoms with Gasteiger partial charge >= 0.3 is 0 Å². The number of nitrogens with zero attached hydrogens (tertiary/aromatic N) is 2. The van der Waals surface area contributed by atoms with Crippen molar-refractivity contribution in [1.82, 2.24) is 14.6 Å². The molecule has 2 aromatic rings. The molecule has 1 aromatic heterocycles. The van der Waals surface area contributed by atoms with E-state index < -0.39 is 15.9 Å². The molecule has 0 saturated carbocycles. The summed E-state index contributed by atoms with van der Waals surface area (Å²) in [5.41, 5.74) is 0. The number of halogens is 1. The first-order valence-corrected chi connectivity index (χ1v) is 11.3. The molecule has 1 aromatic carbocycles. The Kier molecular flexibility index (Phi) is 6.65. The maximum atomic E-state index is 12.8. The summed E-state index contributed by atoms with van der Waals surface area (Å²) < 4.78 is 26.9. The molecule has 8 nitrogen and oxygen atoms in total. The number of amides is 2. The third-order valence-electron chi connectivity index (χ3n) is 4.31. The molecule has 1 fully saturated rings. The molecule has 11 heteroatoms. The normalized spacial score (nSPS) is 17.8. The summed E-state index contributed by atoms with van der Waals surface area (Å²) in [5.74, 6) is -1.24. The Morgan fingerprint density at radius 2 is 2.04 bits per heavy atom. The molecule has 0 unspecified atom stereocenters. The van der Waals surface area contributed by atoms with Crippen molar-refractivity contribution in [2.24, 2.45) is 5.92 Å². The van der Waals surface area contributed by atoms with Crippen LogP contribution in [0.4, 0.5) is 5.13 Å². The maximum Gasteiger partial charge on any atom is 0.245 e. The number of anilines is 1. The second kappa shape index (κ2) is 8.99. The van der Waals surface area contributed by atoms with Crippen LogP contribution in [0, 0.1) is 5.92 Å². The molecule has 0 bridgehead atoms. The summed E-state index contributed by atoms with van der Waals surface area (Å²) in [4.78, 5) is 28.3. The molecule has 28 heavy (non-hydrogen) atoms. The lowest BCUT2D eigenvalue weighted by Gasteiger charge is -2.31. The first kappa shape index (κ1) is 20.7. The minimum atomic E-state index is -3.70. The quantitative estimate of drug-likeness (QED) is 0.710. The Morgan fingerprint density at radius 3 is 2.71 bits per heavy atom. The van der Waals surface area contributed by atoms with Gasteiger partial charge in [0.05, 0.1) is 17.4 Å². The highest BCUT2D eigenvalue weighted by Gasteiger charge is 2.33. The van der Waals surface area contributed by atoms with Crippen molar-refractivity contribution in [2.45, 2.75) is 17.7 Å². The zero-order valence-electron chi connectivity index (χ0n) is 14.8. The second-order valence-electron chi connectivity index (χ2n) is 6.26. The van der Waals surface area contributed by atoms with Gasteiger partial charge in [-0.05, 0) is 37.1 Å². The highest BCUT2D eigenvalue weighted by molar-refractivity contribution is 7.89. The Labute approximate surface area is 172 Å². The molecular weight excluding hydrogens is 424 g/mol. The molecule has 2 heterocycles. The summed E-state index contributed by atoms with van der Waals surface area (Å²) in [5, 5.41) is 7.78. The van der Waals surface area contributed by atoms with E-state index in [1.54, 1.807) is 11.6 Å². The van der Waals surface area contributed by atoms with E-state index in [0.29, 0.717) is 29.5 Å². The van der Waals surface area contributed by atoms with E-state index in [2.05, 4.69) is 15.6 Å². The minimum Gasteiger partial charge on any atom is -0.347 e. The number of hydrogen-bond acceptors (Lipinski definition) is 6. The van der Waals surface area contributed by atoms with Crippen molar-refractivity contribution < 1.29 is 18.0 Å². The van der Waals surface area contributed by atoms with Crippen LogP contribution in [0.25, 0.3) is 0 Å². The van der Waals surface area contributed by atoms with Crippen molar-refractivity contribution >= 4 is 49.9 Å². The van der Waals surface area contributed by atoms with E-state index in [0.717, 1.165) is 0 Å². The number of nitrogens with one attached hydrogen (secondary N) is 2. The number of sulfonamides is 1. The lowest BCUT2D eigenvalue weighted by molar-refractivity contribution is -0.128. The zero-order chi connectivity index (χ0) is 20.1. The molecular formula is C17H19ClN4O4S2. The van der Waals surface area contributed by atoms with Crippen LogP contribution in [-0.4, -0.2) is 49.2 Å². The van der Waals surface area contributed by atoms with Crippen LogP contribution in [0.2, 0.25) is 5.02 Å². The van der Waals surface area contributed by atoms with Crippen LogP contribution in [0.1, 0.15) is 12.8 Å². The van der Waals surface area contributed by atoms with Crippen LogP contribution in [-0.2, 0) is 19.6 Å². The van der Waals surface area contributed by atoms with Crippen LogP contribution in [0.15, 0.2) is 40.7 Å². The van der Waals surface area contributed by atoms with Crippen molar-refractivity contribution in [3.05, 3.63) is 40.9 Å². The summed E-state index contributed by atoms with van der Waals surface area (Å²) in [6.45, 7) is 0.225. The fourth-order valence-corrected chi connectivity index (χ4v) is 5.09. The van der Waals surface area contributed by atoms with Gasteiger partial charge in [0.2, 0.25) is 21.8 Å². The van der Waals surface area contributed by atoms with Crippen LogP contribution >= 0.6 is 22.9 Å². The number of hydrogen-bond donors (Lipinski definition) is 2. The van der Waals surface area contributed by atoms with Gasteiger partial charge in [-0.3, -0.25) is 9.59 Å². The molecule has 1 saturated heterocycles. The summed E-state index contributed by atoms with van der Waals surface area (Å²) in [6.07, 6.45) is 2.69. The zero-order valence-corrected chi connectivity index (χ0v) is 17.2. The van der Waals surface area contributed by atoms with E-state index in [4.69, 9.17) is 11.6 Å². The molecule has 0 aliphatic carbocycles. The first-order chi connectivity index (χ1) is 13.4. The fourth-order valence-electron chi connectivity index (χ4n) is 2.89. The Bertz CT molecular complexity index is 933. The number of thiazole rings is 1. The number of benzene rings is 1. The summed E-state index contributed by atoms with van der Waals surface area (Å²) in [7, 11) is -3.70. The van der Waals surface area contributed by atoms with Crippen LogP contribution in [0.3, 0.4) is 0 Å². The molecule has 1 atom stereocenters. The average molecular weight is 443 g/mol. The Morgan fingerprint density at radius 1 is 1.29 bits per heavy atom.